The van der Waals surface area contributed by atoms with E-state index in [-0.39, 0.29) is 0 Å². The number of nitrogens with zero attached hydrogens (tertiary/aromatic N) is 2. The van der Waals surface area contributed by atoms with E-state index in [1.54, 1.807) is 7.11 Å². The van der Waals surface area contributed by atoms with Gasteiger partial charge >= 0.3 is 0 Å². The summed E-state index contributed by atoms with van der Waals surface area (Å²) in [5, 5.41) is 7.01. The number of aliphatic imine (C=N–C) groups is 1. The van der Waals surface area contributed by atoms with Gasteiger partial charge in [-0.3, -0.25) is 4.99 Å². The molecule has 1 aliphatic carbocycles. The molecule has 0 unspecified atom stereocenters. The molecule has 1 aliphatic heterocycles. The number of ether oxygens (including phenoxy) is 2. The Balaban J connectivity index is 1.29. The lowest BCUT2D eigenvalue weighted by Gasteiger charge is -2.36. The summed E-state index contributed by atoms with van der Waals surface area (Å²) in [6.45, 7) is 3.93. The largest absolute Gasteiger partial charge is 0.497 e. The molecule has 0 bridgehead atoms. The van der Waals surface area contributed by atoms with Crippen molar-refractivity contribution >= 4 is 5.96 Å². The van der Waals surface area contributed by atoms with Crippen molar-refractivity contribution in [2.75, 3.05) is 40.4 Å². The average molecular weight is 389 g/mol. The molecule has 6 nitrogen and oxygen atoms in total. The third kappa shape index (κ3) is 6.30. The van der Waals surface area contributed by atoms with Crippen molar-refractivity contribution in [3.63, 3.8) is 0 Å². The van der Waals surface area contributed by atoms with Crippen molar-refractivity contribution in [3.05, 3.63) is 24.3 Å². The molecule has 28 heavy (non-hydrogen) atoms. The maximum Gasteiger partial charge on any atom is 0.191 e. The van der Waals surface area contributed by atoms with Gasteiger partial charge in [-0.2, -0.15) is 0 Å². The van der Waals surface area contributed by atoms with Crippen LogP contribution < -0.4 is 20.1 Å². The second kappa shape index (κ2) is 11.1. The number of piperidine rings is 1. The molecule has 6 heteroatoms. The minimum absolute atomic E-state index is 0.525. The van der Waals surface area contributed by atoms with Crippen LogP contribution in [-0.2, 0) is 0 Å². The molecule has 2 N–H and O–H groups in total. The maximum atomic E-state index is 5.79. The van der Waals surface area contributed by atoms with E-state index in [0.29, 0.717) is 12.6 Å². The molecule has 3 rings (SSSR count). The Morgan fingerprint density at radius 3 is 2.61 bits per heavy atom. The molecule has 2 aliphatic rings. The van der Waals surface area contributed by atoms with Crippen molar-refractivity contribution in [1.82, 2.24) is 15.5 Å². The van der Waals surface area contributed by atoms with Gasteiger partial charge in [0, 0.05) is 44.8 Å². The predicted octanol–water partition coefficient (Wildman–Crippen LogP) is 3.04. The van der Waals surface area contributed by atoms with Gasteiger partial charge in [-0.1, -0.05) is 18.9 Å². The Hall–Kier alpha value is -1.95. The zero-order valence-electron chi connectivity index (χ0n) is 17.5. The fourth-order valence-corrected chi connectivity index (χ4v) is 4.23. The van der Waals surface area contributed by atoms with Gasteiger partial charge in [0.05, 0.1) is 13.7 Å². The molecule has 0 radical (unpaired) electrons. The van der Waals surface area contributed by atoms with Crippen LogP contribution in [0.1, 0.15) is 44.9 Å². The predicted molar refractivity (Wildman–Crippen MR) is 114 cm³/mol. The van der Waals surface area contributed by atoms with Crippen LogP contribution in [-0.4, -0.2) is 63.3 Å². The van der Waals surface area contributed by atoms with Crippen LogP contribution in [0.2, 0.25) is 0 Å². The number of methoxy groups -OCH3 is 1. The summed E-state index contributed by atoms with van der Waals surface area (Å²) in [5.74, 6) is 2.57. The molecule has 0 aromatic heterocycles. The highest BCUT2D eigenvalue weighted by Crippen LogP contribution is 2.26. The summed E-state index contributed by atoms with van der Waals surface area (Å²) in [4.78, 5) is 7.09. The van der Waals surface area contributed by atoms with Crippen LogP contribution in [0.5, 0.6) is 11.5 Å². The molecule has 1 saturated heterocycles. The van der Waals surface area contributed by atoms with Gasteiger partial charge in [0.1, 0.15) is 11.5 Å². The van der Waals surface area contributed by atoms with E-state index < -0.39 is 0 Å². The fraction of sp³-hybridized carbons (Fsp3) is 0.682. The summed E-state index contributed by atoms with van der Waals surface area (Å²) in [7, 11) is 3.51. The van der Waals surface area contributed by atoms with Crippen LogP contribution in [0.25, 0.3) is 0 Å². The lowest BCUT2D eigenvalue weighted by Crippen LogP contribution is -2.50. The fourth-order valence-electron chi connectivity index (χ4n) is 4.23. The highest BCUT2D eigenvalue weighted by atomic mass is 16.5. The van der Waals surface area contributed by atoms with Crippen LogP contribution in [0.15, 0.2) is 29.3 Å². The molecular formula is C22H36N4O2. The zero-order chi connectivity index (χ0) is 19.6. The number of guanidine groups is 1. The monoisotopic (exact) mass is 388 g/mol. The van der Waals surface area contributed by atoms with E-state index in [1.807, 2.05) is 31.3 Å². The summed E-state index contributed by atoms with van der Waals surface area (Å²) >= 11 is 0. The Morgan fingerprint density at radius 1 is 1.14 bits per heavy atom. The molecule has 1 aromatic rings. The smallest absolute Gasteiger partial charge is 0.191 e. The van der Waals surface area contributed by atoms with Crippen molar-refractivity contribution < 1.29 is 9.47 Å². The minimum atomic E-state index is 0.525. The standard InChI is InChI=1S/C22H36N4O2/c1-23-22(24-13-6-16-28-21-10-5-9-20(17-21)27-2)25-18-11-14-26(15-12-18)19-7-3-4-8-19/h5,9-10,17-19H,3-4,6-8,11-16H2,1-2H3,(H2,23,24,25). The highest BCUT2D eigenvalue weighted by Gasteiger charge is 2.27. The highest BCUT2D eigenvalue weighted by molar-refractivity contribution is 5.79. The van der Waals surface area contributed by atoms with E-state index in [1.165, 1.54) is 51.6 Å². The number of hydrogen-bond donors (Lipinski definition) is 2. The van der Waals surface area contributed by atoms with Crippen LogP contribution >= 0.6 is 0 Å². The molecule has 0 amide bonds. The molecule has 1 aromatic carbocycles. The first-order valence-electron chi connectivity index (χ1n) is 10.8. The Morgan fingerprint density at radius 2 is 1.89 bits per heavy atom. The number of hydrogen-bond acceptors (Lipinski definition) is 4. The summed E-state index contributed by atoms with van der Waals surface area (Å²) in [5.41, 5.74) is 0. The molecule has 0 spiro atoms. The first-order valence-corrected chi connectivity index (χ1v) is 10.8. The molecule has 1 heterocycles. The van der Waals surface area contributed by atoms with Crippen molar-refractivity contribution in [2.24, 2.45) is 4.99 Å². The summed E-state index contributed by atoms with van der Waals surface area (Å²) in [6, 6.07) is 9.10. The summed E-state index contributed by atoms with van der Waals surface area (Å²) < 4.78 is 11.0. The third-order valence-electron chi connectivity index (χ3n) is 5.86. The van der Waals surface area contributed by atoms with Gasteiger partial charge in [0.15, 0.2) is 5.96 Å². The van der Waals surface area contributed by atoms with Crippen LogP contribution in [0.4, 0.5) is 0 Å². The minimum Gasteiger partial charge on any atom is -0.497 e. The average Bonchev–Trinajstić information content (AvgIpc) is 3.28. The topological polar surface area (TPSA) is 58.1 Å². The van der Waals surface area contributed by atoms with Crippen molar-refractivity contribution in [3.8, 4) is 11.5 Å². The van der Waals surface area contributed by atoms with Gasteiger partial charge in [-0.25, -0.2) is 0 Å². The molecular weight excluding hydrogens is 352 g/mol. The Bertz CT molecular complexity index is 608. The molecule has 156 valence electrons. The number of nitrogens with one attached hydrogen (secondary N) is 2. The second-order valence-corrected chi connectivity index (χ2v) is 7.77. The van der Waals surface area contributed by atoms with E-state index >= 15 is 0 Å². The maximum absolute atomic E-state index is 5.79. The van der Waals surface area contributed by atoms with Crippen molar-refractivity contribution in [1.29, 1.82) is 0 Å². The number of likely N-dealkylation sites (tertiary alicyclic amines) is 1. The Labute approximate surface area is 169 Å². The Kier molecular flexibility index (Phi) is 8.27. The first kappa shape index (κ1) is 20.8. The van der Waals surface area contributed by atoms with Crippen LogP contribution in [0.3, 0.4) is 0 Å². The number of rotatable bonds is 8. The normalized spacial score (nSPS) is 19.6. The SMILES string of the molecule is CN=C(NCCCOc1cccc(OC)c1)NC1CCN(C2CCCC2)CC1. The van der Waals surface area contributed by atoms with E-state index in [4.69, 9.17) is 9.47 Å². The molecule has 0 atom stereocenters. The van der Waals surface area contributed by atoms with Gasteiger partial charge in [-0.15, -0.1) is 0 Å². The zero-order valence-corrected chi connectivity index (χ0v) is 17.5. The second-order valence-electron chi connectivity index (χ2n) is 7.77. The first-order chi connectivity index (χ1) is 13.8. The number of benzene rings is 1. The van der Waals surface area contributed by atoms with Gasteiger partial charge < -0.3 is 25.0 Å². The summed E-state index contributed by atoms with van der Waals surface area (Å²) in [6.07, 6.45) is 8.96. The third-order valence-corrected chi connectivity index (χ3v) is 5.86. The van der Waals surface area contributed by atoms with E-state index in [2.05, 4.69) is 20.5 Å². The van der Waals surface area contributed by atoms with Gasteiger partial charge in [0.2, 0.25) is 0 Å². The van der Waals surface area contributed by atoms with Crippen molar-refractivity contribution in [2.45, 2.75) is 57.0 Å². The van der Waals surface area contributed by atoms with E-state index in [0.717, 1.165) is 36.5 Å². The van der Waals surface area contributed by atoms with E-state index in [9.17, 15) is 0 Å². The van der Waals surface area contributed by atoms with Gasteiger partial charge in [-0.05, 0) is 44.2 Å². The van der Waals surface area contributed by atoms with Gasteiger partial charge in [0.25, 0.3) is 0 Å². The quantitative estimate of drug-likeness (QED) is 0.407. The molecule has 1 saturated carbocycles. The van der Waals surface area contributed by atoms with Crippen LogP contribution in [0, 0.1) is 0 Å². The lowest BCUT2D eigenvalue weighted by atomic mass is 10.0. The molecule has 2 fully saturated rings. The lowest BCUT2D eigenvalue weighted by molar-refractivity contribution is 0.150.